The molecule has 0 aliphatic rings. The quantitative estimate of drug-likeness (QED) is 0.550. The molecule has 0 bridgehead atoms. The molecule has 0 spiro atoms. The number of carbonyl (C=O) groups is 2. The molecule has 0 saturated carbocycles. The van der Waals surface area contributed by atoms with Crippen molar-refractivity contribution in [2.75, 3.05) is 5.32 Å². The van der Waals surface area contributed by atoms with E-state index in [1.807, 2.05) is 20.0 Å². The third kappa shape index (κ3) is 4.89. The van der Waals surface area contributed by atoms with Crippen LogP contribution in [0.5, 0.6) is 0 Å². The van der Waals surface area contributed by atoms with Gasteiger partial charge >= 0.3 is 0 Å². The summed E-state index contributed by atoms with van der Waals surface area (Å²) in [4.78, 5) is 24.8. The van der Waals surface area contributed by atoms with Gasteiger partial charge in [0.05, 0.1) is 28.7 Å². The largest absolute Gasteiger partial charge is 0.467 e. The van der Waals surface area contributed by atoms with Crippen molar-refractivity contribution in [1.82, 2.24) is 24.9 Å². The van der Waals surface area contributed by atoms with Gasteiger partial charge in [0.25, 0.3) is 5.91 Å². The van der Waals surface area contributed by atoms with Crippen LogP contribution in [0.3, 0.4) is 0 Å². The summed E-state index contributed by atoms with van der Waals surface area (Å²) < 4.78 is 9.40. The van der Waals surface area contributed by atoms with Crippen LogP contribution in [0.15, 0.2) is 39.7 Å². The maximum absolute atomic E-state index is 12.5. The van der Waals surface area contributed by atoms with E-state index in [0.717, 1.165) is 10.2 Å². The fraction of sp³-hybridized carbons (Fsp3) is 0.333. The summed E-state index contributed by atoms with van der Waals surface area (Å²) in [6, 6.07) is 3.52. The van der Waals surface area contributed by atoms with Crippen LogP contribution in [0.2, 0.25) is 0 Å². The highest BCUT2D eigenvalue weighted by Crippen LogP contribution is 2.16. The Bertz CT molecular complexity index is 941. The summed E-state index contributed by atoms with van der Waals surface area (Å²) in [6.45, 7) is 5.04. The van der Waals surface area contributed by atoms with Crippen LogP contribution in [0.25, 0.3) is 0 Å². The van der Waals surface area contributed by atoms with Crippen LogP contribution in [0, 0.1) is 6.92 Å². The van der Waals surface area contributed by atoms with Crippen molar-refractivity contribution >= 4 is 33.4 Å². The lowest BCUT2D eigenvalue weighted by molar-refractivity contribution is -0.116. The highest BCUT2D eigenvalue weighted by molar-refractivity contribution is 9.10. The van der Waals surface area contributed by atoms with Crippen LogP contribution in [0.1, 0.15) is 35.3 Å². The molecule has 2 N–H and O–H groups in total. The highest BCUT2D eigenvalue weighted by atomic mass is 79.9. The first-order chi connectivity index (χ1) is 13.5. The second-order valence-corrected chi connectivity index (χ2v) is 6.99. The van der Waals surface area contributed by atoms with E-state index in [4.69, 9.17) is 4.42 Å². The monoisotopic (exact) mass is 448 g/mol. The van der Waals surface area contributed by atoms with Crippen LogP contribution < -0.4 is 10.6 Å². The van der Waals surface area contributed by atoms with Gasteiger partial charge in [-0.3, -0.25) is 19.0 Å². The molecule has 0 aliphatic carbocycles. The molecular formula is C18H21BrN6O3. The van der Waals surface area contributed by atoms with Crippen LogP contribution >= 0.6 is 15.9 Å². The molecule has 0 atom stereocenters. The maximum Gasteiger partial charge on any atom is 0.274 e. The molecular weight excluding hydrogens is 428 g/mol. The average Bonchev–Trinajstić information content (AvgIpc) is 3.39. The molecule has 3 rings (SSSR count). The van der Waals surface area contributed by atoms with Crippen LogP contribution in [-0.2, 0) is 24.4 Å². The van der Waals surface area contributed by atoms with Gasteiger partial charge in [0, 0.05) is 31.9 Å². The molecule has 0 radical (unpaired) electrons. The van der Waals surface area contributed by atoms with E-state index >= 15 is 0 Å². The third-order valence-electron chi connectivity index (χ3n) is 4.03. The van der Waals surface area contributed by atoms with Gasteiger partial charge in [-0.2, -0.15) is 10.2 Å². The lowest BCUT2D eigenvalue weighted by Gasteiger charge is -2.06. The number of aryl methyl sites for hydroxylation is 3. The van der Waals surface area contributed by atoms with E-state index in [9.17, 15) is 9.59 Å². The zero-order valence-corrected chi connectivity index (χ0v) is 17.2. The van der Waals surface area contributed by atoms with E-state index in [1.54, 1.807) is 34.0 Å². The van der Waals surface area contributed by atoms with Gasteiger partial charge in [-0.25, -0.2) is 0 Å². The molecule has 0 aliphatic heterocycles. The Hall–Kier alpha value is -2.88. The molecule has 9 nitrogen and oxygen atoms in total. The summed E-state index contributed by atoms with van der Waals surface area (Å²) >= 11 is 3.40. The predicted octanol–water partition coefficient (Wildman–Crippen LogP) is 2.72. The fourth-order valence-corrected chi connectivity index (χ4v) is 2.86. The Morgan fingerprint density at radius 3 is 2.71 bits per heavy atom. The third-order valence-corrected chi connectivity index (χ3v) is 4.81. The van der Waals surface area contributed by atoms with Crippen LogP contribution in [0.4, 0.5) is 5.69 Å². The second-order valence-electron chi connectivity index (χ2n) is 6.13. The molecule has 0 fully saturated rings. The Kier molecular flexibility index (Phi) is 6.30. The fourth-order valence-electron chi connectivity index (χ4n) is 2.54. The molecule has 3 aromatic rings. The minimum atomic E-state index is -0.384. The zero-order chi connectivity index (χ0) is 20.1. The number of carbonyl (C=O) groups excluding carboxylic acids is 2. The van der Waals surface area contributed by atoms with Crippen molar-refractivity contribution < 1.29 is 14.0 Å². The predicted molar refractivity (Wildman–Crippen MR) is 106 cm³/mol. The number of amides is 2. The summed E-state index contributed by atoms with van der Waals surface area (Å²) in [6.07, 6.45) is 5.23. The summed E-state index contributed by atoms with van der Waals surface area (Å²) in [5.74, 6) is 0.0279. The maximum atomic E-state index is 12.5. The Morgan fingerprint density at radius 1 is 1.25 bits per heavy atom. The van der Waals surface area contributed by atoms with E-state index < -0.39 is 0 Å². The minimum absolute atomic E-state index is 0.166. The number of rotatable bonds is 8. The second kappa shape index (κ2) is 8.87. The zero-order valence-electron chi connectivity index (χ0n) is 15.6. The van der Waals surface area contributed by atoms with Crippen LogP contribution in [-0.4, -0.2) is 31.4 Å². The molecule has 3 heterocycles. The van der Waals surface area contributed by atoms with Crippen molar-refractivity contribution in [3.8, 4) is 0 Å². The lowest BCUT2D eigenvalue weighted by Crippen LogP contribution is -2.25. The van der Waals surface area contributed by atoms with Crippen molar-refractivity contribution in [2.45, 2.75) is 39.9 Å². The number of aromatic nitrogens is 4. The molecule has 10 heteroatoms. The van der Waals surface area contributed by atoms with E-state index in [0.29, 0.717) is 24.5 Å². The molecule has 0 aromatic carbocycles. The van der Waals surface area contributed by atoms with Gasteiger partial charge < -0.3 is 15.1 Å². The molecule has 0 saturated heterocycles. The van der Waals surface area contributed by atoms with E-state index in [-0.39, 0.29) is 30.5 Å². The number of halogens is 1. The van der Waals surface area contributed by atoms with Crippen molar-refractivity contribution in [3.63, 3.8) is 0 Å². The minimum Gasteiger partial charge on any atom is -0.467 e. The topological polar surface area (TPSA) is 107 Å². The van der Waals surface area contributed by atoms with Gasteiger partial charge in [-0.05, 0) is 41.9 Å². The Balaban J connectivity index is 1.62. The molecule has 148 valence electrons. The summed E-state index contributed by atoms with van der Waals surface area (Å²) in [7, 11) is 0. The normalized spacial score (nSPS) is 10.8. The number of furan rings is 1. The van der Waals surface area contributed by atoms with Crippen molar-refractivity contribution in [3.05, 3.63) is 52.4 Å². The number of anilines is 1. The Labute approximate surface area is 170 Å². The van der Waals surface area contributed by atoms with Crippen molar-refractivity contribution in [1.29, 1.82) is 0 Å². The first-order valence-corrected chi connectivity index (χ1v) is 9.63. The van der Waals surface area contributed by atoms with Gasteiger partial charge in [0.15, 0.2) is 5.69 Å². The molecule has 28 heavy (non-hydrogen) atoms. The SMILES string of the molecule is CCn1cc(NC(=O)CCn2cc(Br)c(C)n2)c(C(=O)NCc2ccco2)n1. The van der Waals surface area contributed by atoms with Crippen molar-refractivity contribution in [2.24, 2.45) is 0 Å². The molecule has 2 amide bonds. The first kappa shape index (κ1) is 19.9. The van der Waals surface area contributed by atoms with Gasteiger partial charge in [0.1, 0.15) is 5.76 Å². The van der Waals surface area contributed by atoms with Gasteiger partial charge in [-0.15, -0.1) is 0 Å². The first-order valence-electron chi connectivity index (χ1n) is 8.83. The highest BCUT2D eigenvalue weighted by Gasteiger charge is 2.19. The standard InChI is InChI=1S/C18H21BrN6O3/c1-3-24-11-15(17(23-24)18(27)20-9-13-5-4-8-28-13)21-16(26)6-7-25-10-14(19)12(2)22-25/h4-5,8,10-11H,3,6-7,9H2,1-2H3,(H,20,27)(H,21,26). The number of hydrogen-bond acceptors (Lipinski definition) is 5. The number of nitrogens with zero attached hydrogens (tertiary/aromatic N) is 4. The van der Waals surface area contributed by atoms with E-state index in [1.165, 1.54) is 0 Å². The lowest BCUT2D eigenvalue weighted by atomic mass is 10.3. The van der Waals surface area contributed by atoms with E-state index in [2.05, 4.69) is 36.8 Å². The van der Waals surface area contributed by atoms with Gasteiger partial charge in [0.2, 0.25) is 5.91 Å². The summed E-state index contributed by atoms with van der Waals surface area (Å²) in [5.41, 5.74) is 1.40. The average molecular weight is 449 g/mol. The smallest absolute Gasteiger partial charge is 0.274 e. The summed E-state index contributed by atoms with van der Waals surface area (Å²) in [5, 5.41) is 14.1. The number of nitrogens with one attached hydrogen (secondary N) is 2. The Morgan fingerprint density at radius 2 is 2.07 bits per heavy atom. The van der Waals surface area contributed by atoms with Gasteiger partial charge in [-0.1, -0.05) is 0 Å². The molecule has 3 aromatic heterocycles. The molecule has 0 unspecified atom stereocenters. The number of hydrogen-bond donors (Lipinski definition) is 2.